The molecule has 6 heteroatoms. The number of carbonyl (C=O) groups is 2. The van der Waals surface area contributed by atoms with Crippen LogP contribution < -0.4 is 5.32 Å². The van der Waals surface area contributed by atoms with E-state index in [4.69, 9.17) is 5.11 Å². The van der Waals surface area contributed by atoms with Gasteiger partial charge in [0, 0.05) is 13.0 Å². The highest BCUT2D eigenvalue weighted by Crippen LogP contribution is 2.60. The molecule has 0 aromatic heterocycles. The van der Waals surface area contributed by atoms with Crippen molar-refractivity contribution in [2.45, 2.75) is 39.5 Å². The van der Waals surface area contributed by atoms with Crippen LogP contribution in [-0.2, 0) is 9.59 Å². The second kappa shape index (κ2) is 3.92. The molecule has 1 aliphatic rings. The fraction of sp³-hybridized carbons (Fsp3) is 0.818. The number of carbonyl (C=O) groups excluding carboxylic acids is 1. The van der Waals surface area contributed by atoms with E-state index in [0.29, 0.717) is 0 Å². The van der Waals surface area contributed by atoms with E-state index in [0.717, 1.165) is 0 Å². The summed E-state index contributed by atoms with van der Waals surface area (Å²) in [5.74, 6) is -4.61. The minimum Gasteiger partial charge on any atom is -0.481 e. The van der Waals surface area contributed by atoms with E-state index in [1.54, 1.807) is 0 Å². The number of carboxylic acids is 1. The van der Waals surface area contributed by atoms with Gasteiger partial charge >= 0.3 is 5.97 Å². The molecule has 1 amide bonds. The van der Waals surface area contributed by atoms with Gasteiger partial charge in [-0.15, -0.1) is 0 Å². The molecule has 1 atom stereocenters. The summed E-state index contributed by atoms with van der Waals surface area (Å²) in [5, 5.41) is 11.2. The molecule has 17 heavy (non-hydrogen) atoms. The third-order valence-electron chi connectivity index (χ3n) is 3.37. The molecule has 1 unspecified atom stereocenters. The molecular weight excluding hydrogens is 232 g/mol. The molecule has 0 radical (unpaired) electrons. The van der Waals surface area contributed by atoms with Gasteiger partial charge in [-0.3, -0.25) is 9.59 Å². The molecule has 0 aromatic rings. The van der Waals surface area contributed by atoms with Crippen LogP contribution in [0.2, 0.25) is 0 Å². The lowest BCUT2D eigenvalue weighted by Gasteiger charge is -2.19. The summed E-state index contributed by atoms with van der Waals surface area (Å²) < 4.78 is 25.7. The number of hydrogen-bond donors (Lipinski definition) is 2. The molecule has 1 fully saturated rings. The summed E-state index contributed by atoms with van der Waals surface area (Å²) in [6.07, 6.45) is -0.232. The Bertz CT molecular complexity index is 355. The predicted molar refractivity (Wildman–Crippen MR) is 56.7 cm³/mol. The Kier molecular flexibility index (Phi) is 3.20. The van der Waals surface area contributed by atoms with E-state index in [1.807, 2.05) is 0 Å². The van der Waals surface area contributed by atoms with Gasteiger partial charge in [0.15, 0.2) is 0 Å². The highest BCUT2D eigenvalue weighted by atomic mass is 19.3. The van der Waals surface area contributed by atoms with Crippen molar-refractivity contribution in [1.29, 1.82) is 0 Å². The van der Waals surface area contributed by atoms with E-state index in [2.05, 4.69) is 5.32 Å². The maximum atomic E-state index is 12.9. The Hall–Kier alpha value is -1.20. The van der Waals surface area contributed by atoms with Gasteiger partial charge in [-0.05, 0) is 27.2 Å². The second-order valence-corrected chi connectivity index (χ2v) is 5.41. The molecule has 0 bridgehead atoms. The number of nitrogens with one attached hydrogen (secondary N) is 1. The van der Waals surface area contributed by atoms with Crippen LogP contribution in [0.4, 0.5) is 8.78 Å². The third kappa shape index (κ3) is 2.56. The normalized spacial score (nSPS) is 26.4. The Morgan fingerprint density at radius 2 is 1.88 bits per heavy atom. The number of hydrogen-bond acceptors (Lipinski definition) is 2. The summed E-state index contributed by atoms with van der Waals surface area (Å²) >= 11 is 0. The fourth-order valence-electron chi connectivity index (χ4n) is 1.44. The lowest BCUT2D eigenvalue weighted by molar-refractivity contribution is -0.147. The third-order valence-corrected chi connectivity index (χ3v) is 3.37. The van der Waals surface area contributed by atoms with E-state index in [9.17, 15) is 18.4 Å². The number of rotatable bonds is 5. The molecule has 1 saturated carbocycles. The van der Waals surface area contributed by atoms with Crippen molar-refractivity contribution in [3.05, 3.63) is 0 Å². The Morgan fingerprint density at radius 3 is 2.24 bits per heavy atom. The average Bonchev–Trinajstić information content (AvgIpc) is 2.66. The monoisotopic (exact) mass is 249 g/mol. The quantitative estimate of drug-likeness (QED) is 0.778. The first-order valence-electron chi connectivity index (χ1n) is 5.42. The van der Waals surface area contributed by atoms with Crippen LogP contribution in [0.5, 0.6) is 0 Å². The Labute approximate surface area is 98.4 Å². The summed E-state index contributed by atoms with van der Waals surface area (Å²) in [6.45, 7) is 4.35. The lowest BCUT2D eigenvalue weighted by Crippen LogP contribution is -2.37. The van der Waals surface area contributed by atoms with Gasteiger partial charge in [0.25, 0.3) is 5.92 Å². The van der Waals surface area contributed by atoms with E-state index in [-0.39, 0.29) is 13.0 Å². The molecule has 4 nitrogen and oxygen atoms in total. The molecule has 0 saturated heterocycles. The van der Waals surface area contributed by atoms with Gasteiger partial charge < -0.3 is 10.4 Å². The van der Waals surface area contributed by atoms with Crippen molar-refractivity contribution in [2.75, 3.05) is 6.54 Å². The van der Waals surface area contributed by atoms with E-state index >= 15 is 0 Å². The van der Waals surface area contributed by atoms with Crippen LogP contribution in [0, 0.1) is 10.8 Å². The van der Waals surface area contributed by atoms with Crippen molar-refractivity contribution in [3.63, 3.8) is 0 Å². The molecule has 0 heterocycles. The smallest absolute Gasteiger partial charge is 0.309 e. The zero-order chi connectivity index (χ0) is 13.5. The maximum Gasteiger partial charge on any atom is 0.309 e. The molecule has 1 rings (SSSR count). The standard InChI is InChI=1S/C11H17F2NO3/c1-9(2,8(16)17)4-5-14-7(15)10(3)6-11(10,12)13/h4-6H2,1-3H3,(H,14,15)(H,16,17). The number of alkyl halides is 2. The van der Waals surface area contributed by atoms with Crippen molar-refractivity contribution < 1.29 is 23.5 Å². The molecule has 1 aliphatic carbocycles. The minimum absolute atomic E-state index is 0.0871. The van der Waals surface area contributed by atoms with Crippen molar-refractivity contribution in [3.8, 4) is 0 Å². The van der Waals surface area contributed by atoms with E-state index < -0.39 is 35.0 Å². The predicted octanol–water partition coefficient (Wildman–Crippen LogP) is 1.65. The van der Waals surface area contributed by atoms with Gasteiger partial charge in [-0.25, -0.2) is 8.78 Å². The van der Waals surface area contributed by atoms with Gasteiger partial charge in [-0.1, -0.05) is 0 Å². The highest BCUT2D eigenvalue weighted by molar-refractivity contribution is 5.87. The minimum atomic E-state index is -2.93. The molecule has 0 aromatic carbocycles. The first-order valence-corrected chi connectivity index (χ1v) is 5.42. The van der Waals surface area contributed by atoms with Crippen molar-refractivity contribution in [2.24, 2.45) is 10.8 Å². The van der Waals surface area contributed by atoms with Gasteiger partial charge in [0.2, 0.25) is 5.91 Å². The van der Waals surface area contributed by atoms with Gasteiger partial charge in [0.1, 0.15) is 5.41 Å². The fourth-order valence-corrected chi connectivity index (χ4v) is 1.44. The first kappa shape index (κ1) is 13.9. The van der Waals surface area contributed by atoms with Crippen LogP contribution in [0.1, 0.15) is 33.6 Å². The molecular formula is C11H17F2NO3. The molecule has 98 valence electrons. The number of aliphatic carboxylic acids is 1. The summed E-state index contributed by atoms with van der Waals surface area (Å²) in [7, 11) is 0. The van der Waals surface area contributed by atoms with Crippen LogP contribution >= 0.6 is 0 Å². The highest BCUT2D eigenvalue weighted by Gasteiger charge is 2.72. The van der Waals surface area contributed by atoms with Crippen LogP contribution in [0.3, 0.4) is 0 Å². The van der Waals surface area contributed by atoms with Crippen molar-refractivity contribution >= 4 is 11.9 Å². The van der Waals surface area contributed by atoms with Crippen molar-refractivity contribution in [1.82, 2.24) is 5.32 Å². The van der Waals surface area contributed by atoms with Gasteiger partial charge in [0.05, 0.1) is 5.41 Å². The number of amides is 1. The zero-order valence-electron chi connectivity index (χ0n) is 10.1. The maximum absolute atomic E-state index is 12.9. The van der Waals surface area contributed by atoms with Crippen LogP contribution in [0.25, 0.3) is 0 Å². The van der Waals surface area contributed by atoms with Gasteiger partial charge in [-0.2, -0.15) is 0 Å². The van der Waals surface area contributed by atoms with Crippen LogP contribution in [0.15, 0.2) is 0 Å². The average molecular weight is 249 g/mol. The van der Waals surface area contributed by atoms with Crippen LogP contribution in [-0.4, -0.2) is 29.5 Å². The summed E-state index contributed by atoms with van der Waals surface area (Å²) in [5.41, 5.74) is -2.58. The Morgan fingerprint density at radius 1 is 1.41 bits per heavy atom. The molecule has 0 spiro atoms. The van der Waals surface area contributed by atoms with E-state index in [1.165, 1.54) is 20.8 Å². The largest absolute Gasteiger partial charge is 0.481 e. The second-order valence-electron chi connectivity index (χ2n) is 5.41. The lowest BCUT2D eigenvalue weighted by atomic mass is 9.89. The molecule has 0 aliphatic heterocycles. The SMILES string of the molecule is CC(C)(CCNC(=O)C1(C)CC1(F)F)C(=O)O. The molecule has 2 N–H and O–H groups in total. The topological polar surface area (TPSA) is 66.4 Å². The number of carboxylic acid groups (broad SMARTS) is 1. The zero-order valence-corrected chi connectivity index (χ0v) is 10.1. The number of halogens is 2. The Balaban J connectivity index is 2.39. The first-order chi connectivity index (χ1) is 7.53. The summed E-state index contributed by atoms with van der Waals surface area (Å²) in [6, 6.07) is 0. The summed E-state index contributed by atoms with van der Waals surface area (Å²) in [4.78, 5) is 22.2.